The third-order valence-electron chi connectivity index (χ3n) is 4.51. The first-order valence-electron chi connectivity index (χ1n) is 7.86. The van der Waals surface area contributed by atoms with Gasteiger partial charge in [-0.25, -0.2) is 9.97 Å². The van der Waals surface area contributed by atoms with Gasteiger partial charge in [-0.1, -0.05) is 51.6 Å². The normalized spacial score (nSPS) is 23.1. The Kier molecular flexibility index (Phi) is 5.64. The largest absolute Gasteiger partial charge is 0.369 e. The first kappa shape index (κ1) is 15.6. The second-order valence-corrected chi connectivity index (χ2v) is 6.62. The first-order chi connectivity index (χ1) is 9.61. The van der Waals surface area contributed by atoms with Crippen LogP contribution >= 0.6 is 11.6 Å². The number of nitrogens with one attached hydrogen (secondary N) is 1. The lowest BCUT2D eigenvalue weighted by atomic mass is 9.81. The van der Waals surface area contributed by atoms with Crippen molar-refractivity contribution in [2.45, 2.75) is 58.8 Å². The molecular formula is C16H26ClN3. The van der Waals surface area contributed by atoms with Crippen LogP contribution in [0.4, 0.5) is 5.82 Å². The lowest BCUT2D eigenvalue weighted by molar-refractivity contribution is 0.278. The van der Waals surface area contributed by atoms with Gasteiger partial charge in [0.15, 0.2) is 0 Å². The topological polar surface area (TPSA) is 37.8 Å². The van der Waals surface area contributed by atoms with Gasteiger partial charge < -0.3 is 5.32 Å². The van der Waals surface area contributed by atoms with Gasteiger partial charge in [0, 0.05) is 12.1 Å². The predicted molar refractivity (Wildman–Crippen MR) is 85.4 cm³/mol. The molecule has 3 nitrogen and oxygen atoms in total. The third kappa shape index (κ3) is 3.85. The van der Waals surface area contributed by atoms with Crippen LogP contribution in [0, 0.1) is 11.8 Å². The minimum absolute atomic E-state index is 0.335. The van der Waals surface area contributed by atoms with Crippen LogP contribution in [0.25, 0.3) is 0 Å². The number of nitrogens with zero attached hydrogens (tertiary/aromatic N) is 2. The summed E-state index contributed by atoms with van der Waals surface area (Å²) >= 11 is 6.19. The molecule has 0 aromatic carbocycles. The zero-order valence-electron chi connectivity index (χ0n) is 12.8. The Morgan fingerprint density at radius 3 is 2.45 bits per heavy atom. The maximum atomic E-state index is 6.19. The maximum absolute atomic E-state index is 6.19. The van der Waals surface area contributed by atoms with Gasteiger partial charge >= 0.3 is 0 Å². The van der Waals surface area contributed by atoms with Crippen LogP contribution in [0.1, 0.15) is 64.4 Å². The van der Waals surface area contributed by atoms with Crippen LogP contribution in [0.2, 0.25) is 5.15 Å². The highest BCUT2D eigenvalue weighted by molar-refractivity contribution is 6.30. The van der Waals surface area contributed by atoms with E-state index in [0.717, 1.165) is 29.8 Å². The summed E-state index contributed by atoms with van der Waals surface area (Å²) < 4.78 is 0. The maximum Gasteiger partial charge on any atom is 0.138 e. The van der Waals surface area contributed by atoms with Crippen LogP contribution in [-0.4, -0.2) is 16.5 Å². The highest BCUT2D eigenvalue weighted by Gasteiger charge is 2.21. The lowest BCUT2D eigenvalue weighted by Gasteiger charge is -2.28. The minimum Gasteiger partial charge on any atom is -0.369 e. The molecule has 0 aliphatic heterocycles. The van der Waals surface area contributed by atoms with Crippen molar-refractivity contribution < 1.29 is 0 Å². The van der Waals surface area contributed by atoms with Gasteiger partial charge in [0.05, 0.1) is 0 Å². The van der Waals surface area contributed by atoms with Crippen molar-refractivity contribution in [2.24, 2.45) is 11.8 Å². The van der Waals surface area contributed by atoms with Crippen molar-refractivity contribution in [1.82, 2.24) is 9.97 Å². The fourth-order valence-corrected chi connectivity index (χ4v) is 3.46. The molecular weight excluding hydrogens is 270 g/mol. The standard InChI is InChI=1S/C16H26ClN3/c1-4-12-5-7-13(8-6-12)9-18-16-14(11(2)3)15(17)19-10-20-16/h10-13H,4-9H2,1-3H3,(H,18,19,20). The molecule has 1 fully saturated rings. The molecule has 2 rings (SSSR count). The second-order valence-electron chi connectivity index (χ2n) is 6.26. The minimum atomic E-state index is 0.335. The third-order valence-corrected chi connectivity index (χ3v) is 4.82. The molecule has 112 valence electrons. The summed E-state index contributed by atoms with van der Waals surface area (Å²) in [5, 5.41) is 4.08. The molecule has 0 radical (unpaired) electrons. The van der Waals surface area contributed by atoms with Crippen molar-refractivity contribution in [3.05, 3.63) is 17.0 Å². The van der Waals surface area contributed by atoms with E-state index in [2.05, 4.69) is 36.1 Å². The molecule has 1 heterocycles. The molecule has 1 aliphatic carbocycles. The zero-order valence-corrected chi connectivity index (χ0v) is 13.6. The molecule has 0 amide bonds. The van der Waals surface area contributed by atoms with Crippen LogP contribution in [0.15, 0.2) is 6.33 Å². The first-order valence-corrected chi connectivity index (χ1v) is 8.23. The quantitative estimate of drug-likeness (QED) is 0.787. The summed E-state index contributed by atoms with van der Waals surface area (Å²) in [4.78, 5) is 8.46. The summed E-state index contributed by atoms with van der Waals surface area (Å²) in [7, 11) is 0. The summed E-state index contributed by atoms with van der Waals surface area (Å²) in [6, 6.07) is 0. The van der Waals surface area contributed by atoms with E-state index in [-0.39, 0.29) is 0 Å². The van der Waals surface area contributed by atoms with Gasteiger partial charge in [0.1, 0.15) is 17.3 Å². The van der Waals surface area contributed by atoms with Gasteiger partial charge in [0.2, 0.25) is 0 Å². The number of rotatable bonds is 5. The summed E-state index contributed by atoms with van der Waals surface area (Å²) in [6.45, 7) is 7.56. The molecule has 0 atom stereocenters. The van der Waals surface area contributed by atoms with Gasteiger partial charge in [-0.2, -0.15) is 0 Å². The van der Waals surface area contributed by atoms with E-state index < -0.39 is 0 Å². The van der Waals surface area contributed by atoms with Gasteiger partial charge in [-0.15, -0.1) is 0 Å². The Morgan fingerprint density at radius 2 is 1.85 bits per heavy atom. The highest BCUT2D eigenvalue weighted by atomic mass is 35.5. The smallest absolute Gasteiger partial charge is 0.138 e. The molecule has 1 N–H and O–H groups in total. The average molecular weight is 296 g/mol. The van der Waals surface area contributed by atoms with E-state index in [4.69, 9.17) is 11.6 Å². The van der Waals surface area contributed by atoms with Crippen molar-refractivity contribution >= 4 is 17.4 Å². The number of halogens is 1. The SMILES string of the molecule is CCC1CCC(CNc2ncnc(Cl)c2C(C)C)CC1. The predicted octanol–water partition coefficient (Wildman–Crippen LogP) is 4.88. The van der Waals surface area contributed by atoms with Gasteiger partial charge in [-0.3, -0.25) is 0 Å². The van der Waals surface area contributed by atoms with Gasteiger partial charge in [0.25, 0.3) is 0 Å². The van der Waals surface area contributed by atoms with E-state index in [1.54, 1.807) is 6.33 Å². The molecule has 0 spiro atoms. The van der Waals surface area contributed by atoms with Crippen LogP contribution in [0.5, 0.6) is 0 Å². The monoisotopic (exact) mass is 295 g/mol. The Bertz CT molecular complexity index is 426. The average Bonchev–Trinajstić information content (AvgIpc) is 2.45. The van der Waals surface area contributed by atoms with Crippen LogP contribution < -0.4 is 5.32 Å². The molecule has 1 aromatic heterocycles. The van der Waals surface area contributed by atoms with E-state index in [1.165, 1.54) is 32.1 Å². The van der Waals surface area contributed by atoms with Crippen LogP contribution in [-0.2, 0) is 0 Å². The molecule has 1 aromatic rings. The number of aromatic nitrogens is 2. The fourth-order valence-electron chi connectivity index (χ4n) is 3.11. The number of hydrogen-bond donors (Lipinski definition) is 1. The van der Waals surface area contributed by atoms with Crippen molar-refractivity contribution in [3.63, 3.8) is 0 Å². The number of anilines is 1. The molecule has 0 saturated heterocycles. The molecule has 1 aliphatic rings. The second kappa shape index (κ2) is 7.26. The van der Waals surface area contributed by atoms with E-state index in [0.29, 0.717) is 11.1 Å². The fraction of sp³-hybridized carbons (Fsp3) is 0.750. The summed E-state index contributed by atoms with van der Waals surface area (Å²) in [6.07, 6.45) is 8.31. The van der Waals surface area contributed by atoms with Crippen molar-refractivity contribution in [1.29, 1.82) is 0 Å². The molecule has 4 heteroatoms. The number of hydrogen-bond acceptors (Lipinski definition) is 3. The highest BCUT2D eigenvalue weighted by Crippen LogP contribution is 2.32. The van der Waals surface area contributed by atoms with Crippen LogP contribution in [0.3, 0.4) is 0 Å². The Labute approximate surface area is 127 Å². The van der Waals surface area contributed by atoms with Crippen molar-refractivity contribution in [2.75, 3.05) is 11.9 Å². The van der Waals surface area contributed by atoms with E-state index in [9.17, 15) is 0 Å². The lowest BCUT2D eigenvalue weighted by Crippen LogP contribution is -2.22. The molecule has 20 heavy (non-hydrogen) atoms. The van der Waals surface area contributed by atoms with Gasteiger partial charge in [-0.05, 0) is 30.6 Å². The Balaban J connectivity index is 1.93. The summed E-state index contributed by atoms with van der Waals surface area (Å²) in [5.74, 6) is 2.97. The Morgan fingerprint density at radius 1 is 1.20 bits per heavy atom. The summed E-state index contributed by atoms with van der Waals surface area (Å²) in [5.41, 5.74) is 1.04. The Hall–Kier alpha value is -0.830. The van der Waals surface area contributed by atoms with E-state index in [1.807, 2.05) is 0 Å². The molecule has 0 bridgehead atoms. The zero-order chi connectivity index (χ0) is 14.5. The van der Waals surface area contributed by atoms with Crippen molar-refractivity contribution in [3.8, 4) is 0 Å². The molecule has 0 unspecified atom stereocenters. The van der Waals surface area contributed by atoms with E-state index >= 15 is 0 Å². The molecule has 1 saturated carbocycles.